The second-order valence-electron chi connectivity index (χ2n) is 5.29. The lowest BCUT2D eigenvalue weighted by Crippen LogP contribution is -2.31. The second-order valence-corrected chi connectivity index (χ2v) is 5.29. The van der Waals surface area contributed by atoms with E-state index in [0.717, 1.165) is 5.92 Å². The smallest absolute Gasteiger partial charge is 0.00162 e. The van der Waals surface area contributed by atoms with Gasteiger partial charge in [0.1, 0.15) is 0 Å². The molecule has 1 atom stereocenters. The van der Waals surface area contributed by atoms with Gasteiger partial charge < -0.3 is 4.90 Å². The fraction of sp³-hybridized carbons (Fsp3) is 1.00. The van der Waals surface area contributed by atoms with Crippen molar-refractivity contribution in [3.63, 3.8) is 0 Å². The molecule has 0 aliphatic carbocycles. The van der Waals surface area contributed by atoms with Crippen LogP contribution in [0.3, 0.4) is 0 Å². The van der Waals surface area contributed by atoms with Crippen LogP contribution in [0, 0.1) is 5.92 Å². The van der Waals surface area contributed by atoms with Crippen molar-refractivity contribution in [2.24, 2.45) is 5.92 Å². The minimum atomic E-state index is 0.937. The van der Waals surface area contributed by atoms with Crippen molar-refractivity contribution in [1.29, 1.82) is 0 Å². The predicted molar refractivity (Wildman–Crippen MR) is 74.9 cm³/mol. The van der Waals surface area contributed by atoms with E-state index in [-0.39, 0.29) is 0 Å². The van der Waals surface area contributed by atoms with Gasteiger partial charge in [0.15, 0.2) is 0 Å². The van der Waals surface area contributed by atoms with Gasteiger partial charge in [-0.2, -0.15) is 0 Å². The molecule has 0 aromatic rings. The molecule has 0 amide bonds. The van der Waals surface area contributed by atoms with E-state index in [1.54, 1.807) is 0 Å². The zero-order valence-electron chi connectivity index (χ0n) is 12.1. The van der Waals surface area contributed by atoms with Crippen LogP contribution in [0.1, 0.15) is 72.6 Å². The SMILES string of the molecule is CCC.CCCC(C)CCN1CCCCC1. The van der Waals surface area contributed by atoms with E-state index < -0.39 is 0 Å². The molecule has 0 radical (unpaired) electrons. The highest BCUT2D eigenvalue weighted by Gasteiger charge is 2.10. The summed E-state index contributed by atoms with van der Waals surface area (Å²) in [5.41, 5.74) is 0. The molecule has 1 heterocycles. The summed E-state index contributed by atoms with van der Waals surface area (Å²) in [4.78, 5) is 2.65. The molecule has 1 unspecified atom stereocenters. The predicted octanol–water partition coefficient (Wildman–Crippen LogP) is 4.71. The lowest BCUT2D eigenvalue weighted by atomic mass is 10.0. The Morgan fingerprint density at radius 2 is 1.50 bits per heavy atom. The molecule has 98 valence electrons. The van der Waals surface area contributed by atoms with E-state index in [0.29, 0.717) is 0 Å². The Kier molecular flexibility index (Phi) is 11.4. The molecule has 1 heteroatoms. The van der Waals surface area contributed by atoms with Gasteiger partial charge in [-0.05, 0) is 44.8 Å². The van der Waals surface area contributed by atoms with Gasteiger partial charge in [0.25, 0.3) is 0 Å². The highest BCUT2D eigenvalue weighted by Crippen LogP contribution is 2.14. The van der Waals surface area contributed by atoms with Crippen LogP contribution in [-0.4, -0.2) is 24.5 Å². The Morgan fingerprint density at radius 3 is 2.00 bits per heavy atom. The molecule has 1 fully saturated rings. The summed E-state index contributed by atoms with van der Waals surface area (Å²) in [6.07, 6.45) is 9.74. The number of hydrogen-bond donors (Lipinski definition) is 0. The monoisotopic (exact) mass is 227 g/mol. The highest BCUT2D eigenvalue weighted by atomic mass is 15.1. The van der Waals surface area contributed by atoms with Gasteiger partial charge in [0, 0.05) is 0 Å². The average Bonchev–Trinajstić information content (AvgIpc) is 2.29. The van der Waals surface area contributed by atoms with Gasteiger partial charge in [-0.15, -0.1) is 0 Å². The number of hydrogen-bond acceptors (Lipinski definition) is 1. The first-order valence-corrected chi connectivity index (χ1v) is 7.46. The molecule has 1 saturated heterocycles. The van der Waals surface area contributed by atoms with Crippen molar-refractivity contribution < 1.29 is 0 Å². The van der Waals surface area contributed by atoms with Crippen LogP contribution < -0.4 is 0 Å². The first-order valence-electron chi connectivity index (χ1n) is 7.46. The first kappa shape index (κ1) is 16.0. The maximum atomic E-state index is 2.65. The van der Waals surface area contributed by atoms with E-state index in [1.807, 2.05) is 0 Å². The lowest BCUT2D eigenvalue weighted by molar-refractivity contribution is 0.213. The van der Waals surface area contributed by atoms with Crippen molar-refractivity contribution in [1.82, 2.24) is 4.90 Å². The third kappa shape index (κ3) is 9.21. The van der Waals surface area contributed by atoms with Crippen LogP contribution in [0.2, 0.25) is 0 Å². The standard InChI is InChI=1S/C12H25N.C3H8/c1-3-7-12(2)8-11-13-9-5-4-6-10-13;1-3-2/h12H,3-11H2,1-2H3;3H2,1-2H3. The van der Waals surface area contributed by atoms with Gasteiger partial charge in [-0.25, -0.2) is 0 Å². The molecule has 1 aliphatic rings. The first-order chi connectivity index (χ1) is 7.74. The summed E-state index contributed by atoms with van der Waals surface area (Å²) >= 11 is 0. The van der Waals surface area contributed by atoms with E-state index in [9.17, 15) is 0 Å². The molecular weight excluding hydrogens is 194 g/mol. The highest BCUT2D eigenvalue weighted by molar-refractivity contribution is 4.65. The van der Waals surface area contributed by atoms with E-state index in [4.69, 9.17) is 0 Å². The fourth-order valence-electron chi connectivity index (χ4n) is 2.22. The Balaban J connectivity index is 0.000000673. The normalized spacial score (nSPS) is 18.8. The minimum absolute atomic E-state index is 0.937. The van der Waals surface area contributed by atoms with Crippen molar-refractivity contribution in [2.45, 2.75) is 72.6 Å². The Hall–Kier alpha value is -0.0400. The molecule has 0 aromatic heterocycles. The van der Waals surface area contributed by atoms with Crippen molar-refractivity contribution in [3.05, 3.63) is 0 Å². The third-order valence-electron chi connectivity index (χ3n) is 3.17. The summed E-state index contributed by atoms with van der Waals surface area (Å²) in [7, 11) is 0. The van der Waals surface area contributed by atoms with Crippen LogP contribution in [0.5, 0.6) is 0 Å². The van der Waals surface area contributed by atoms with E-state index in [2.05, 4.69) is 32.6 Å². The van der Waals surface area contributed by atoms with Crippen LogP contribution in [0.25, 0.3) is 0 Å². The molecule has 16 heavy (non-hydrogen) atoms. The average molecular weight is 227 g/mol. The van der Waals surface area contributed by atoms with Crippen molar-refractivity contribution in [2.75, 3.05) is 19.6 Å². The molecule has 1 nitrogen and oxygen atoms in total. The van der Waals surface area contributed by atoms with Crippen LogP contribution in [-0.2, 0) is 0 Å². The number of piperidine rings is 1. The van der Waals surface area contributed by atoms with E-state index >= 15 is 0 Å². The number of rotatable bonds is 5. The van der Waals surface area contributed by atoms with Gasteiger partial charge in [-0.3, -0.25) is 0 Å². The van der Waals surface area contributed by atoms with Crippen LogP contribution in [0.4, 0.5) is 0 Å². The van der Waals surface area contributed by atoms with Gasteiger partial charge in [-0.1, -0.05) is 53.4 Å². The van der Waals surface area contributed by atoms with E-state index in [1.165, 1.54) is 64.6 Å². The lowest BCUT2D eigenvalue weighted by Gasteiger charge is -2.27. The quantitative estimate of drug-likeness (QED) is 0.657. The second kappa shape index (κ2) is 11.4. The summed E-state index contributed by atoms with van der Waals surface area (Å²) in [5, 5.41) is 0. The van der Waals surface area contributed by atoms with Crippen molar-refractivity contribution >= 4 is 0 Å². The molecule has 0 saturated carbocycles. The van der Waals surface area contributed by atoms with Gasteiger partial charge >= 0.3 is 0 Å². The Labute approximate surface area is 104 Å². The topological polar surface area (TPSA) is 3.24 Å². The third-order valence-corrected chi connectivity index (χ3v) is 3.17. The molecule has 0 N–H and O–H groups in total. The maximum absolute atomic E-state index is 2.65. The molecule has 0 spiro atoms. The fourth-order valence-corrected chi connectivity index (χ4v) is 2.22. The molecule has 1 aliphatic heterocycles. The molecule has 0 bridgehead atoms. The molecular formula is C15H33N. The van der Waals surface area contributed by atoms with Crippen LogP contribution >= 0.6 is 0 Å². The summed E-state index contributed by atoms with van der Waals surface area (Å²) in [6.45, 7) is 13.0. The molecule has 0 aromatic carbocycles. The van der Waals surface area contributed by atoms with Gasteiger partial charge in [0.05, 0.1) is 0 Å². The number of nitrogens with zero attached hydrogens (tertiary/aromatic N) is 1. The maximum Gasteiger partial charge on any atom is -0.00162 e. The Morgan fingerprint density at radius 1 is 0.938 bits per heavy atom. The van der Waals surface area contributed by atoms with Gasteiger partial charge in [0.2, 0.25) is 0 Å². The largest absolute Gasteiger partial charge is 0.303 e. The summed E-state index contributed by atoms with van der Waals surface area (Å²) in [5.74, 6) is 0.937. The summed E-state index contributed by atoms with van der Waals surface area (Å²) < 4.78 is 0. The molecule has 1 rings (SSSR count). The summed E-state index contributed by atoms with van der Waals surface area (Å²) in [6, 6.07) is 0. The zero-order valence-corrected chi connectivity index (χ0v) is 12.1. The van der Waals surface area contributed by atoms with Crippen LogP contribution in [0.15, 0.2) is 0 Å². The van der Waals surface area contributed by atoms with Crippen molar-refractivity contribution in [3.8, 4) is 0 Å². The zero-order chi connectivity index (χ0) is 12.2. The Bertz CT molecular complexity index is 127. The minimum Gasteiger partial charge on any atom is -0.303 e. The number of likely N-dealkylation sites (tertiary alicyclic amines) is 1.